The topological polar surface area (TPSA) is 52.6 Å². The molecule has 0 amide bonds. The summed E-state index contributed by atoms with van der Waals surface area (Å²) in [6.07, 6.45) is 0.702. The highest BCUT2D eigenvalue weighted by Gasteiger charge is 2.32. The fourth-order valence-electron chi connectivity index (χ4n) is 1.52. The van der Waals surface area contributed by atoms with Gasteiger partial charge in [-0.15, -0.1) is 0 Å². The summed E-state index contributed by atoms with van der Waals surface area (Å²) in [7, 11) is -4.24. The van der Waals surface area contributed by atoms with E-state index in [1.54, 1.807) is 0 Å². The molecule has 0 N–H and O–H groups in total. The maximum Gasteiger partial charge on any atom is 0.400 e. The quantitative estimate of drug-likeness (QED) is 0.241. The number of halogens is 5. The molecule has 0 heterocycles. The van der Waals surface area contributed by atoms with Crippen LogP contribution >= 0.6 is 7.60 Å². The second-order valence-corrected chi connectivity index (χ2v) is 5.94. The molecule has 10 heteroatoms. The molecule has 0 saturated carbocycles. The normalized spacial score (nSPS) is 12.1. The van der Waals surface area contributed by atoms with Crippen molar-refractivity contribution in [2.45, 2.75) is 13.8 Å². The molecule has 0 aliphatic heterocycles. The van der Waals surface area contributed by atoms with Crippen LogP contribution in [0.25, 0.3) is 6.08 Å². The van der Waals surface area contributed by atoms with Gasteiger partial charge >= 0.3 is 7.60 Å². The van der Waals surface area contributed by atoms with E-state index in [1.807, 2.05) is 0 Å². The van der Waals surface area contributed by atoms with Gasteiger partial charge in [-0.3, -0.25) is 9.36 Å². The van der Waals surface area contributed by atoms with Crippen molar-refractivity contribution in [3.05, 3.63) is 40.7 Å². The summed E-state index contributed by atoms with van der Waals surface area (Å²) < 4.78 is 87.2. The molecule has 0 aliphatic carbocycles. The van der Waals surface area contributed by atoms with Crippen LogP contribution < -0.4 is 0 Å². The molecule has 1 aromatic carbocycles. The highest BCUT2D eigenvalue weighted by Crippen LogP contribution is 2.49. The predicted molar refractivity (Wildman–Crippen MR) is 71.1 cm³/mol. The minimum Gasteiger partial charge on any atom is -0.303 e. The Kier molecular flexibility index (Phi) is 6.61. The molecule has 0 saturated heterocycles. The van der Waals surface area contributed by atoms with E-state index in [4.69, 9.17) is 0 Å². The van der Waals surface area contributed by atoms with E-state index < -0.39 is 47.8 Å². The number of carbonyl (C=O) groups excluding carboxylic acids is 1. The molecular formula is C13H12F5O4P. The summed E-state index contributed by atoms with van der Waals surface area (Å²) in [5.41, 5.74) is -2.63. The lowest BCUT2D eigenvalue weighted by atomic mass is 10.1. The highest BCUT2D eigenvalue weighted by molar-refractivity contribution is 7.72. The largest absolute Gasteiger partial charge is 0.400 e. The smallest absolute Gasteiger partial charge is 0.303 e. The average Bonchev–Trinajstić information content (AvgIpc) is 2.51. The molecule has 4 nitrogen and oxygen atoms in total. The van der Waals surface area contributed by atoms with Crippen LogP contribution in [0, 0.1) is 29.1 Å². The second-order valence-electron chi connectivity index (χ2n) is 3.99. The monoisotopic (exact) mass is 358 g/mol. The van der Waals surface area contributed by atoms with Gasteiger partial charge < -0.3 is 9.05 Å². The Balaban J connectivity index is 3.24. The zero-order chi connectivity index (χ0) is 17.8. The van der Waals surface area contributed by atoms with E-state index in [2.05, 4.69) is 9.05 Å². The number of hydrogen-bond donors (Lipinski definition) is 0. The lowest BCUT2D eigenvalue weighted by Gasteiger charge is -2.13. The van der Waals surface area contributed by atoms with Gasteiger partial charge in [0.05, 0.1) is 18.8 Å². The second kappa shape index (κ2) is 7.81. The van der Waals surface area contributed by atoms with Gasteiger partial charge in [-0.1, -0.05) is 0 Å². The Hall–Kier alpha value is -1.57. The lowest BCUT2D eigenvalue weighted by molar-refractivity contribution is -0.109. The molecule has 0 atom stereocenters. The summed E-state index contributed by atoms with van der Waals surface area (Å²) in [6.45, 7) is 2.54. The van der Waals surface area contributed by atoms with E-state index >= 15 is 0 Å². The average molecular weight is 358 g/mol. The van der Waals surface area contributed by atoms with Gasteiger partial charge in [0.15, 0.2) is 23.3 Å². The van der Waals surface area contributed by atoms with Crippen molar-refractivity contribution in [1.82, 2.24) is 0 Å². The zero-order valence-corrected chi connectivity index (χ0v) is 12.9. The first-order valence-electron chi connectivity index (χ1n) is 6.32. The van der Waals surface area contributed by atoms with E-state index in [9.17, 15) is 31.3 Å². The van der Waals surface area contributed by atoms with Crippen LogP contribution in [0.4, 0.5) is 22.0 Å². The molecule has 0 radical (unpaired) electrons. The van der Waals surface area contributed by atoms with Crippen LogP contribution in [-0.2, 0) is 18.4 Å². The molecule has 0 unspecified atom stereocenters. The predicted octanol–water partition coefficient (Wildman–Crippen LogP) is 4.19. The third-order valence-corrected chi connectivity index (χ3v) is 4.39. The number of hydrogen-bond acceptors (Lipinski definition) is 4. The third kappa shape index (κ3) is 4.04. The van der Waals surface area contributed by atoms with Crippen LogP contribution in [0.2, 0.25) is 0 Å². The number of carbonyl (C=O) groups is 1. The van der Waals surface area contributed by atoms with Crippen molar-refractivity contribution in [3.8, 4) is 0 Å². The summed E-state index contributed by atoms with van der Waals surface area (Å²) in [5, 5.41) is 0. The minimum absolute atomic E-state index is 0.153. The van der Waals surface area contributed by atoms with Gasteiger partial charge in [0, 0.05) is 0 Å². The van der Waals surface area contributed by atoms with E-state index in [1.165, 1.54) is 13.8 Å². The van der Waals surface area contributed by atoms with Gasteiger partial charge in [-0.25, -0.2) is 22.0 Å². The Morgan fingerprint density at radius 1 is 0.913 bits per heavy atom. The Morgan fingerprint density at radius 3 is 1.70 bits per heavy atom. The number of rotatable bonds is 7. The number of allylic oxidation sites excluding steroid dienone is 1. The SMILES string of the molecule is CCOP(=O)(OCC)C(=O)/C=C/c1c(F)c(F)c(F)c(F)c1F. The van der Waals surface area contributed by atoms with Crippen molar-refractivity contribution in [3.63, 3.8) is 0 Å². The molecule has 1 rings (SSSR count). The molecular weight excluding hydrogens is 346 g/mol. The van der Waals surface area contributed by atoms with Gasteiger partial charge in [0.2, 0.25) is 5.82 Å². The standard InChI is InChI=1S/C13H12F5O4P/c1-3-21-23(20,22-4-2)8(19)6-5-7-9(14)11(16)13(18)12(17)10(7)15/h5-6H,3-4H2,1-2H3/b6-5+. The van der Waals surface area contributed by atoms with Crippen molar-refractivity contribution >= 4 is 19.2 Å². The van der Waals surface area contributed by atoms with Gasteiger partial charge in [0.25, 0.3) is 5.52 Å². The van der Waals surface area contributed by atoms with Crippen LogP contribution in [0.3, 0.4) is 0 Å². The van der Waals surface area contributed by atoms with Crippen LogP contribution in [0.1, 0.15) is 19.4 Å². The van der Waals surface area contributed by atoms with Crippen molar-refractivity contribution < 1.29 is 40.4 Å². The van der Waals surface area contributed by atoms with E-state index in [0.717, 1.165) is 0 Å². The Morgan fingerprint density at radius 2 is 1.30 bits per heavy atom. The van der Waals surface area contributed by atoms with Crippen LogP contribution in [-0.4, -0.2) is 18.7 Å². The van der Waals surface area contributed by atoms with Gasteiger partial charge in [0.1, 0.15) is 0 Å². The van der Waals surface area contributed by atoms with Gasteiger partial charge in [-0.2, -0.15) is 0 Å². The van der Waals surface area contributed by atoms with Crippen LogP contribution in [0.15, 0.2) is 6.08 Å². The molecule has 0 aliphatic rings. The summed E-state index contributed by atoms with van der Waals surface area (Å²) in [5.74, 6) is -10.9. The molecule has 0 bridgehead atoms. The molecule has 128 valence electrons. The molecule has 23 heavy (non-hydrogen) atoms. The summed E-state index contributed by atoms with van der Waals surface area (Å²) in [4.78, 5) is 11.8. The molecule has 1 aromatic rings. The van der Waals surface area contributed by atoms with Crippen LogP contribution in [0.5, 0.6) is 0 Å². The summed E-state index contributed by atoms with van der Waals surface area (Å²) in [6, 6.07) is 0. The first kappa shape index (κ1) is 19.5. The Labute approximate surface area is 128 Å². The fourth-order valence-corrected chi connectivity index (χ4v) is 2.78. The maximum atomic E-state index is 13.4. The first-order chi connectivity index (χ1) is 10.7. The van der Waals surface area contributed by atoms with Crippen molar-refractivity contribution in [1.29, 1.82) is 0 Å². The highest BCUT2D eigenvalue weighted by atomic mass is 31.2. The van der Waals surface area contributed by atoms with Crippen molar-refractivity contribution in [2.24, 2.45) is 0 Å². The van der Waals surface area contributed by atoms with Gasteiger partial charge in [-0.05, 0) is 26.0 Å². The fraction of sp³-hybridized carbons (Fsp3) is 0.308. The zero-order valence-electron chi connectivity index (χ0n) is 12.0. The molecule has 0 spiro atoms. The van der Waals surface area contributed by atoms with E-state index in [0.29, 0.717) is 12.2 Å². The minimum atomic E-state index is -4.24. The third-order valence-electron chi connectivity index (χ3n) is 2.50. The summed E-state index contributed by atoms with van der Waals surface area (Å²) >= 11 is 0. The molecule has 0 fully saturated rings. The first-order valence-corrected chi connectivity index (χ1v) is 7.87. The molecule has 0 aromatic heterocycles. The lowest BCUT2D eigenvalue weighted by Crippen LogP contribution is -2.06. The van der Waals surface area contributed by atoms with E-state index in [-0.39, 0.29) is 13.2 Å². The number of benzene rings is 1. The van der Waals surface area contributed by atoms with Crippen molar-refractivity contribution in [2.75, 3.05) is 13.2 Å². The maximum absolute atomic E-state index is 13.4. The Bertz CT molecular complexity index is 650.